The first-order valence-electron chi connectivity index (χ1n) is 6.65. The number of likely N-dealkylation sites (N-methyl/N-ethyl adjacent to an activating group) is 1. The molecule has 0 aliphatic heterocycles. The smallest absolute Gasteiger partial charge is 0.303 e. The van der Waals surface area contributed by atoms with Gasteiger partial charge in [-0.15, -0.1) is 0 Å². The second kappa shape index (κ2) is 10.3. The molecule has 0 aromatic carbocycles. The first kappa shape index (κ1) is 20.6. The van der Waals surface area contributed by atoms with Crippen LogP contribution in [0.25, 0.3) is 0 Å². The van der Waals surface area contributed by atoms with E-state index in [1.807, 2.05) is 0 Å². The SMILES string of the molecule is CON(C)C(=O)/C=C/[C@H](OC(C)=O)[C@H](COC(C)=O)OC(C)=O. The summed E-state index contributed by atoms with van der Waals surface area (Å²) < 4.78 is 14.8. The van der Waals surface area contributed by atoms with E-state index in [0.29, 0.717) is 0 Å². The van der Waals surface area contributed by atoms with Crippen molar-refractivity contribution < 1.29 is 38.2 Å². The number of hydrogen-bond donors (Lipinski definition) is 0. The van der Waals surface area contributed by atoms with E-state index in [0.717, 1.165) is 25.0 Å². The zero-order chi connectivity index (χ0) is 18.0. The quantitative estimate of drug-likeness (QED) is 0.264. The molecule has 9 nitrogen and oxygen atoms in total. The molecule has 0 aromatic rings. The highest BCUT2D eigenvalue weighted by Crippen LogP contribution is 2.09. The Labute approximate surface area is 134 Å². The highest BCUT2D eigenvalue weighted by atomic mass is 16.7. The average Bonchev–Trinajstić information content (AvgIpc) is 2.45. The Morgan fingerprint density at radius 2 is 1.57 bits per heavy atom. The molecular formula is C14H21NO8. The summed E-state index contributed by atoms with van der Waals surface area (Å²) in [5, 5.41) is 0.939. The van der Waals surface area contributed by atoms with Crippen LogP contribution in [0.4, 0.5) is 0 Å². The van der Waals surface area contributed by atoms with Gasteiger partial charge in [-0.25, -0.2) is 5.06 Å². The van der Waals surface area contributed by atoms with Crippen molar-refractivity contribution in [3.8, 4) is 0 Å². The van der Waals surface area contributed by atoms with Crippen molar-refractivity contribution in [2.45, 2.75) is 33.0 Å². The number of hydroxylamine groups is 2. The van der Waals surface area contributed by atoms with Gasteiger partial charge in [0, 0.05) is 33.9 Å². The number of rotatable bonds is 8. The van der Waals surface area contributed by atoms with Crippen LogP contribution < -0.4 is 0 Å². The summed E-state index contributed by atoms with van der Waals surface area (Å²) in [5.74, 6) is -2.44. The molecule has 0 radical (unpaired) electrons. The Morgan fingerprint density at radius 3 is 2.00 bits per heavy atom. The van der Waals surface area contributed by atoms with Gasteiger partial charge in [0.2, 0.25) is 0 Å². The molecule has 0 aliphatic rings. The van der Waals surface area contributed by atoms with Gasteiger partial charge in [0.25, 0.3) is 5.91 Å². The molecule has 0 saturated heterocycles. The predicted molar refractivity (Wildman–Crippen MR) is 76.7 cm³/mol. The number of esters is 3. The molecule has 0 heterocycles. The fourth-order valence-corrected chi connectivity index (χ4v) is 1.41. The molecule has 0 aromatic heterocycles. The standard InChI is InChI=1S/C14H21NO8/c1-9(16)21-8-13(23-11(3)18)12(22-10(2)17)6-7-14(19)15(4)20-5/h6-7,12-13H,8H2,1-5H3/b7-6+/t12-,13-/m0/s1. The van der Waals surface area contributed by atoms with Crippen molar-refractivity contribution in [1.82, 2.24) is 5.06 Å². The topological polar surface area (TPSA) is 108 Å². The third-order valence-corrected chi connectivity index (χ3v) is 2.45. The van der Waals surface area contributed by atoms with Crippen LogP contribution in [0.5, 0.6) is 0 Å². The summed E-state index contributed by atoms with van der Waals surface area (Å²) in [6.07, 6.45) is 0.111. The lowest BCUT2D eigenvalue weighted by molar-refractivity contribution is -0.169. The van der Waals surface area contributed by atoms with E-state index in [1.54, 1.807) is 0 Å². The van der Waals surface area contributed by atoms with Crippen LogP contribution in [0.1, 0.15) is 20.8 Å². The first-order valence-corrected chi connectivity index (χ1v) is 6.65. The van der Waals surface area contributed by atoms with E-state index in [4.69, 9.17) is 19.0 Å². The normalized spacial score (nSPS) is 13.1. The molecule has 0 unspecified atom stereocenters. The van der Waals surface area contributed by atoms with E-state index in [1.165, 1.54) is 27.2 Å². The molecule has 0 rings (SSSR count). The summed E-state index contributed by atoms with van der Waals surface area (Å²) >= 11 is 0. The van der Waals surface area contributed by atoms with Gasteiger partial charge in [0.1, 0.15) is 6.61 Å². The second-order valence-electron chi connectivity index (χ2n) is 4.40. The Hall–Kier alpha value is -2.42. The Kier molecular flexibility index (Phi) is 9.24. The Morgan fingerprint density at radius 1 is 1.00 bits per heavy atom. The molecule has 0 aliphatic carbocycles. The van der Waals surface area contributed by atoms with Crippen LogP contribution in [0.3, 0.4) is 0 Å². The largest absolute Gasteiger partial charge is 0.462 e. The van der Waals surface area contributed by atoms with E-state index >= 15 is 0 Å². The van der Waals surface area contributed by atoms with Gasteiger partial charge in [-0.2, -0.15) is 0 Å². The molecule has 0 spiro atoms. The molecule has 2 atom stereocenters. The van der Waals surface area contributed by atoms with Gasteiger partial charge < -0.3 is 14.2 Å². The van der Waals surface area contributed by atoms with Crippen molar-refractivity contribution in [3.63, 3.8) is 0 Å². The summed E-state index contributed by atoms with van der Waals surface area (Å²) in [6.45, 7) is 3.16. The number of carbonyl (C=O) groups is 4. The maximum absolute atomic E-state index is 11.7. The van der Waals surface area contributed by atoms with Crippen molar-refractivity contribution in [1.29, 1.82) is 0 Å². The fourth-order valence-electron chi connectivity index (χ4n) is 1.41. The predicted octanol–water partition coefficient (Wildman–Crippen LogP) is -0.0111. The van der Waals surface area contributed by atoms with Crippen LogP contribution in [-0.2, 0) is 38.2 Å². The number of ether oxygens (including phenoxy) is 3. The van der Waals surface area contributed by atoms with Gasteiger partial charge in [0.05, 0.1) is 7.11 Å². The third-order valence-electron chi connectivity index (χ3n) is 2.45. The third kappa shape index (κ3) is 9.25. The van der Waals surface area contributed by atoms with Crippen LogP contribution in [0.15, 0.2) is 12.2 Å². The van der Waals surface area contributed by atoms with Crippen molar-refractivity contribution in [2.75, 3.05) is 20.8 Å². The summed E-state index contributed by atoms with van der Waals surface area (Å²) in [4.78, 5) is 49.6. The van der Waals surface area contributed by atoms with Gasteiger partial charge in [-0.05, 0) is 6.08 Å². The van der Waals surface area contributed by atoms with Crippen molar-refractivity contribution in [3.05, 3.63) is 12.2 Å². The molecular weight excluding hydrogens is 310 g/mol. The van der Waals surface area contributed by atoms with Gasteiger partial charge >= 0.3 is 17.9 Å². The van der Waals surface area contributed by atoms with Crippen molar-refractivity contribution in [2.24, 2.45) is 0 Å². The molecule has 0 N–H and O–H groups in total. The molecule has 1 amide bonds. The minimum absolute atomic E-state index is 0.328. The summed E-state index contributed by atoms with van der Waals surface area (Å²) in [5.41, 5.74) is 0. The molecule has 0 saturated carbocycles. The second-order valence-corrected chi connectivity index (χ2v) is 4.40. The minimum Gasteiger partial charge on any atom is -0.462 e. The maximum Gasteiger partial charge on any atom is 0.303 e. The lowest BCUT2D eigenvalue weighted by Gasteiger charge is -2.23. The first-order chi connectivity index (χ1) is 10.7. The Balaban J connectivity index is 5.20. The number of nitrogens with zero attached hydrogens (tertiary/aromatic N) is 1. The lowest BCUT2D eigenvalue weighted by atomic mass is 10.2. The molecule has 130 valence electrons. The van der Waals surface area contributed by atoms with Crippen LogP contribution in [0, 0.1) is 0 Å². The zero-order valence-electron chi connectivity index (χ0n) is 13.7. The lowest BCUT2D eigenvalue weighted by Crippen LogP contribution is -2.37. The van der Waals surface area contributed by atoms with Crippen molar-refractivity contribution >= 4 is 23.8 Å². The number of hydrogen-bond acceptors (Lipinski definition) is 8. The van der Waals surface area contributed by atoms with Gasteiger partial charge in [-0.3, -0.25) is 24.0 Å². The Bertz CT molecular complexity index is 473. The molecule has 9 heteroatoms. The maximum atomic E-state index is 11.7. The monoisotopic (exact) mass is 331 g/mol. The summed E-state index contributed by atoms with van der Waals surface area (Å²) in [7, 11) is 2.69. The number of carbonyl (C=O) groups excluding carboxylic acids is 4. The minimum atomic E-state index is -1.11. The highest BCUT2D eigenvalue weighted by molar-refractivity contribution is 5.86. The van der Waals surface area contributed by atoms with Crippen LogP contribution in [0.2, 0.25) is 0 Å². The average molecular weight is 331 g/mol. The van der Waals surface area contributed by atoms with E-state index < -0.39 is 36.0 Å². The van der Waals surface area contributed by atoms with E-state index in [2.05, 4.69) is 0 Å². The molecule has 23 heavy (non-hydrogen) atoms. The highest BCUT2D eigenvalue weighted by Gasteiger charge is 2.27. The van der Waals surface area contributed by atoms with Gasteiger partial charge in [0.15, 0.2) is 12.2 Å². The van der Waals surface area contributed by atoms with Gasteiger partial charge in [-0.1, -0.05) is 0 Å². The van der Waals surface area contributed by atoms with E-state index in [9.17, 15) is 19.2 Å². The summed E-state index contributed by atoms with van der Waals surface area (Å²) in [6, 6.07) is 0. The van der Waals surface area contributed by atoms with Crippen LogP contribution >= 0.6 is 0 Å². The van der Waals surface area contributed by atoms with E-state index in [-0.39, 0.29) is 6.61 Å². The van der Waals surface area contributed by atoms with Crippen LogP contribution in [-0.4, -0.2) is 61.9 Å². The molecule has 0 fully saturated rings. The molecule has 0 bridgehead atoms. The fraction of sp³-hybridized carbons (Fsp3) is 0.571. The zero-order valence-corrected chi connectivity index (χ0v) is 13.7. The number of amides is 1.